The van der Waals surface area contributed by atoms with E-state index >= 15 is 0 Å². The average molecular weight is 301 g/mol. The molecule has 1 atom stereocenters. The molecule has 1 N–H and O–H groups in total. The first-order chi connectivity index (χ1) is 10.1. The van der Waals surface area contributed by atoms with Crippen molar-refractivity contribution < 1.29 is 0 Å². The molecular formula is C15H19N5S. The van der Waals surface area contributed by atoms with E-state index < -0.39 is 0 Å². The van der Waals surface area contributed by atoms with Crippen LogP contribution in [0.1, 0.15) is 36.0 Å². The highest BCUT2D eigenvalue weighted by atomic mass is 32.1. The Kier molecular flexibility index (Phi) is 3.63. The van der Waals surface area contributed by atoms with E-state index in [1.807, 2.05) is 17.9 Å². The second-order valence-corrected chi connectivity index (χ2v) is 6.30. The van der Waals surface area contributed by atoms with E-state index in [-0.39, 0.29) is 6.04 Å². The van der Waals surface area contributed by atoms with Gasteiger partial charge in [-0.25, -0.2) is 9.97 Å². The van der Waals surface area contributed by atoms with Crippen LogP contribution >= 0.6 is 11.3 Å². The fourth-order valence-electron chi connectivity index (χ4n) is 2.42. The lowest BCUT2D eigenvalue weighted by Crippen LogP contribution is -2.09. The lowest BCUT2D eigenvalue weighted by atomic mass is 10.1. The molecule has 0 aliphatic heterocycles. The van der Waals surface area contributed by atoms with Gasteiger partial charge in [0.05, 0.1) is 17.6 Å². The maximum absolute atomic E-state index is 4.41. The molecule has 0 aliphatic rings. The van der Waals surface area contributed by atoms with Crippen LogP contribution in [0.15, 0.2) is 18.6 Å². The number of hydrogen-bond donors (Lipinski definition) is 1. The van der Waals surface area contributed by atoms with Gasteiger partial charge in [0.2, 0.25) is 0 Å². The van der Waals surface area contributed by atoms with Gasteiger partial charge in [-0.05, 0) is 26.3 Å². The van der Waals surface area contributed by atoms with Crippen molar-refractivity contribution in [2.45, 2.75) is 33.2 Å². The molecule has 0 aliphatic carbocycles. The van der Waals surface area contributed by atoms with Gasteiger partial charge in [-0.15, -0.1) is 11.3 Å². The first-order valence-corrected chi connectivity index (χ1v) is 7.90. The van der Waals surface area contributed by atoms with Crippen LogP contribution in [0.3, 0.4) is 0 Å². The van der Waals surface area contributed by atoms with Crippen LogP contribution in [0, 0.1) is 6.92 Å². The zero-order chi connectivity index (χ0) is 15.0. The smallest absolute Gasteiger partial charge is 0.138 e. The second-order valence-electron chi connectivity index (χ2n) is 5.18. The molecule has 0 bridgehead atoms. The number of aromatic nitrogens is 4. The zero-order valence-electron chi connectivity index (χ0n) is 12.7. The third kappa shape index (κ3) is 2.51. The molecule has 5 nitrogen and oxygen atoms in total. The maximum Gasteiger partial charge on any atom is 0.138 e. The number of nitrogens with one attached hydrogen (secondary N) is 1. The predicted molar refractivity (Wildman–Crippen MR) is 86.8 cm³/mol. The van der Waals surface area contributed by atoms with E-state index in [0.29, 0.717) is 0 Å². The third-order valence-electron chi connectivity index (χ3n) is 3.82. The van der Waals surface area contributed by atoms with E-state index in [2.05, 4.69) is 47.2 Å². The van der Waals surface area contributed by atoms with Crippen LogP contribution in [0.25, 0.3) is 10.2 Å². The van der Waals surface area contributed by atoms with Crippen LogP contribution in [0.2, 0.25) is 0 Å². The second kappa shape index (κ2) is 5.44. The summed E-state index contributed by atoms with van der Waals surface area (Å²) >= 11 is 1.73. The van der Waals surface area contributed by atoms with E-state index in [4.69, 9.17) is 0 Å². The Bertz CT molecular complexity index is 774. The van der Waals surface area contributed by atoms with Crippen molar-refractivity contribution in [2.75, 3.05) is 5.32 Å². The predicted octanol–water partition coefficient (Wildman–Crippen LogP) is 3.47. The summed E-state index contributed by atoms with van der Waals surface area (Å²) in [6.45, 7) is 6.37. The van der Waals surface area contributed by atoms with Crippen LogP contribution in [-0.4, -0.2) is 19.7 Å². The fourth-order valence-corrected chi connectivity index (χ4v) is 3.35. The molecule has 3 heterocycles. The molecule has 1 unspecified atom stereocenters. The van der Waals surface area contributed by atoms with E-state index in [0.717, 1.165) is 22.5 Å². The highest BCUT2D eigenvalue weighted by molar-refractivity contribution is 7.18. The van der Waals surface area contributed by atoms with Gasteiger partial charge in [-0.3, -0.25) is 4.68 Å². The Morgan fingerprint density at radius 3 is 2.86 bits per heavy atom. The van der Waals surface area contributed by atoms with Crippen molar-refractivity contribution >= 4 is 27.4 Å². The van der Waals surface area contributed by atoms with E-state index in [9.17, 15) is 0 Å². The first-order valence-electron chi connectivity index (χ1n) is 7.08. The van der Waals surface area contributed by atoms with Crippen molar-refractivity contribution in [1.82, 2.24) is 19.7 Å². The van der Waals surface area contributed by atoms with Crippen LogP contribution in [0.5, 0.6) is 0 Å². The number of aryl methyl sites for hydroxylation is 2. The molecular weight excluding hydrogens is 282 g/mol. The Morgan fingerprint density at radius 2 is 2.19 bits per heavy atom. The number of anilines is 1. The molecule has 6 heteroatoms. The van der Waals surface area contributed by atoms with Gasteiger partial charge in [-0.1, -0.05) is 6.92 Å². The van der Waals surface area contributed by atoms with Gasteiger partial charge >= 0.3 is 0 Å². The van der Waals surface area contributed by atoms with Crippen molar-refractivity contribution in [3.63, 3.8) is 0 Å². The van der Waals surface area contributed by atoms with Crippen LogP contribution in [0.4, 0.5) is 5.82 Å². The average Bonchev–Trinajstić information content (AvgIpc) is 3.04. The molecule has 3 aromatic heterocycles. The molecule has 3 rings (SSSR count). The molecule has 0 saturated carbocycles. The molecule has 3 aromatic rings. The molecule has 0 amide bonds. The minimum Gasteiger partial charge on any atom is -0.363 e. The summed E-state index contributed by atoms with van der Waals surface area (Å²) in [5.41, 5.74) is 2.36. The molecule has 0 aromatic carbocycles. The van der Waals surface area contributed by atoms with Gasteiger partial charge < -0.3 is 5.32 Å². The standard InChI is InChI=1S/C15H19N5S/c1-5-11-6-12-14(16-8-17-15(12)21-11)19-9(2)13-7-18-20(4)10(13)3/h6-9H,5H2,1-4H3,(H,16,17,19). The summed E-state index contributed by atoms with van der Waals surface area (Å²) in [6, 6.07) is 2.34. The van der Waals surface area contributed by atoms with Gasteiger partial charge in [-0.2, -0.15) is 5.10 Å². The summed E-state index contributed by atoms with van der Waals surface area (Å²) in [5.74, 6) is 0.895. The van der Waals surface area contributed by atoms with Crippen molar-refractivity contribution in [1.29, 1.82) is 0 Å². The first kappa shape index (κ1) is 14.0. The SMILES string of the molecule is CCc1cc2c(NC(C)c3cnn(C)c3C)ncnc2s1. The van der Waals surface area contributed by atoms with Crippen LogP contribution in [-0.2, 0) is 13.5 Å². The quantitative estimate of drug-likeness (QED) is 0.801. The maximum atomic E-state index is 4.41. The normalized spacial score (nSPS) is 12.8. The summed E-state index contributed by atoms with van der Waals surface area (Å²) in [6.07, 6.45) is 4.57. The van der Waals surface area contributed by atoms with Crippen molar-refractivity contribution in [2.24, 2.45) is 7.05 Å². The number of rotatable bonds is 4. The highest BCUT2D eigenvalue weighted by Gasteiger charge is 2.15. The Balaban J connectivity index is 1.94. The van der Waals surface area contributed by atoms with Crippen molar-refractivity contribution in [3.05, 3.63) is 34.7 Å². The molecule has 0 spiro atoms. The molecule has 110 valence electrons. The number of fused-ring (bicyclic) bond motifs is 1. The monoisotopic (exact) mass is 301 g/mol. The zero-order valence-corrected chi connectivity index (χ0v) is 13.5. The Morgan fingerprint density at radius 1 is 1.38 bits per heavy atom. The van der Waals surface area contributed by atoms with Gasteiger partial charge in [0, 0.05) is 23.2 Å². The lowest BCUT2D eigenvalue weighted by molar-refractivity contribution is 0.734. The van der Waals surface area contributed by atoms with Crippen molar-refractivity contribution in [3.8, 4) is 0 Å². The highest BCUT2D eigenvalue weighted by Crippen LogP contribution is 2.30. The molecule has 0 saturated heterocycles. The molecule has 0 fully saturated rings. The number of thiophene rings is 1. The summed E-state index contributed by atoms with van der Waals surface area (Å²) < 4.78 is 1.89. The van der Waals surface area contributed by atoms with Gasteiger partial charge in [0.25, 0.3) is 0 Å². The van der Waals surface area contributed by atoms with Gasteiger partial charge in [0.15, 0.2) is 0 Å². The minimum atomic E-state index is 0.154. The van der Waals surface area contributed by atoms with Crippen LogP contribution < -0.4 is 5.32 Å². The summed E-state index contributed by atoms with van der Waals surface area (Å²) in [5, 5.41) is 8.90. The number of hydrogen-bond acceptors (Lipinski definition) is 5. The minimum absolute atomic E-state index is 0.154. The third-order valence-corrected chi connectivity index (χ3v) is 5.01. The summed E-state index contributed by atoms with van der Waals surface area (Å²) in [4.78, 5) is 11.2. The van der Waals surface area contributed by atoms with E-state index in [1.165, 1.54) is 16.1 Å². The fraction of sp³-hybridized carbons (Fsp3) is 0.400. The topological polar surface area (TPSA) is 55.6 Å². The summed E-state index contributed by atoms with van der Waals surface area (Å²) in [7, 11) is 1.96. The van der Waals surface area contributed by atoms with E-state index in [1.54, 1.807) is 17.7 Å². The number of nitrogens with zero attached hydrogens (tertiary/aromatic N) is 4. The lowest BCUT2D eigenvalue weighted by Gasteiger charge is -2.14. The Labute approximate surface area is 128 Å². The molecule has 0 radical (unpaired) electrons. The van der Waals surface area contributed by atoms with Gasteiger partial charge in [0.1, 0.15) is 17.0 Å². The Hall–Kier alpha value is -1.95. The molecule has 21 heavy (non-hydrogen) atoms. The largest absolute Gasteiger partial charge is 0.363 e.